The van der Waals surface area contributed by atoms with Gasteiger partial charge < -0.3 is 25.7 Å². The molecule has 0 bridgehead atoms. The molecule has 2 aromatic carbocycles. The maximum atomic E-state index is 12.8. The van der Waals surface area contributed by atoms with Gasteiger partial charge >= 0.3 is 11.9 Å². The zero-order valence-electron chi connectivity index (χ0n) is 21.3. The van der Waals surface area contributed by atoms with Crippen LogP contribution in [0.1, 0.15) is 47.0 Å². The summed E-state index contributed by atoms with van der Waals surface area (Å²) in [5.41, 5.74) is 2.20. The predicted molar refractivity (Wildman–Crippen MR) is 141 cm³/mol. The van der Waals surface area contributed by atoms with Crippen molar-refractivity contribution in [1.29, 1.82) is 0 Å². The minimum atomic E-state index is -1.82. The van der Waals surface area contributed by atoms with Crippen molar-refractivity contribution in [3.05, 3.63) is 65.9 Å². The van der Waals surface area contributed by atoms with Gasteiger partial charge in [0.25, 0.3) is 11.8 Å². The van der Waals surface area contributed by atoms with E-state index in [0.717, 1.165) is 56.3 Å². The van der Waals surface area contributed by atoms with Gasteiger partial charge in [-0.25, -0.2) is 9.59 Å². The van der Waals surface area contributed by atoms with E-state index in [0.29, 0.717) is 17.8 Å². The van der Waals surface area contributed by atoms with Crippen LogP contribution in [0, 0.1) is 0 Å². The third kappa shape index (κ3) is 7.87. The number of carbonyl (C=O) groups is 4. The van der Waals surface area contributed by atoms with Crippen LogP contribution in [0.3, 0.4) is 0 Å². The number of para-hydroxylation sites is 1. The second kappa shape index (κ2) is 13.9. The van der Waals surface area contributed by atoms with Gasteiger partial charge in [-0.2, -0.15) is 5.10 Å². The van der Waals surface area contributed by atoms with Crippen molar-refractivity contribution >= 4 is 34.7 Å². The standard InChI is InChI=1S/C25H31N5O2.C2H2O4/c1-2-15-30-22-11-7-6-10-21(22)23(28-30)25(32)26-14-18-29-16-12-20(13-17-29)27-24(31)19-8-4-3-5-9-19;3-1(4)2(5)6/h3-11,20H,2,12-18H2,1H3,(H,26,32)(H,27,31);(H,3,4)(H,5,6). The van der Waals surface area contributed by atoms with Crippen LogP contribution in [0.15, 0.2) is 54.6 Å². The first-order valence-electron chi connectivity index (χ1n) is 12.6. The van der Waals surface area contributed by atoms with Gasteiger partial charge in [-0.15, -0.1) is 0 Å². The molecule has 0 saturated carbocycles. The number of aliphatic carboxylic acids is 2. The fourth-order valence-electron chi connectivity index (χ4n) is 4.25. The number of nitrogens with zero attached hydrogens (tertiary/aromatic N) is 3. The molecule has 4 N–H and O–H groups in total. The Morgan fingerprint density at radius 2 is 1.53 bits per heavy atom. The zero-order valence-corrected chi connectivity index (χ0v) is 21.3. The average molecular weight is 524 g/mol. The minimum absolute atomic E-state index is 0.00829. The van der Waals surface area contributed by atoms with Gasteiger partial charge in [-0.1, -0.05) is 43.3 Å². The van der Waals surface area contributed by atoms with Gasteiger partial charge in [-0.3, -0.25) is 14.3 Å². The molecule has 3 aromatic rings. The maximum absolute atomic E-state index is 12.8. The highest BCUT2D eigenvalue weighted by Gasteiger charge is 2.22. The molecule has 0 radical (unpaired) electrons. The van der Waals surface area contributed by atoms with Gasteiger partial charge in [0.15, 0.2) is 5.69 Å². The van der Waals surface area contributed by atoms with E-state index in [4.69, 9.17) is 19.8 Å². The maximum Gasteiger partial charge on any atom is 0.414 e. The largest absolute Gasteiger partial charge is 0.473 e. The van der Waals surface area contributed by atoms with Crippen LogP contribution in [0.25, 0.3) is 10.9 Å². The van der Waals surface area contributed by atoms with Crippen molar-refractivity contribution in [2.75, 3.05) is 26.2 Å². The van der Waals surface area contributed by atoms with Crippen molar-refractivity contribution in [2.45, 2.75) is 38.8 Å². The molecule has 1 fully saturated rings. The molecule has 11 heteroatoms. The summed E-state index contributed by atoms with van der Waals surface area (Å²) in [6.45, 7) is 6.08. The molecule has 0 spiro atoms. The van der Waals surface area contributed by atoms with Crippen molar-refractivity contribution < 1.29 is 29.4 Å². The van der Waals surface area contributed by atoms with E-state index >= 15 is 0 Å². The Morgan fingerprint density at radius 1 is 0.895 bits per heavy atom. The summed E-state index contributed by atoms with van der Waals surface area (Å²) < 4.78 is 1.92. The van der Waals surface area contributed by atoms with Crippen molar-refractivity contribution in [3.8, 4) is 0 Å². The molecule has 1 aliphatic rings. The molecule has 38 heavy (non-hydrogen) atoms. The normalized spacial score (nSPS) is 13.8. The smallest absolute Gasteiger partial charge is 0.414 e. The highest BCUT2D eigenvalue weighted by Crippen LogP contribution is 2.19. The molecule has 1 saturated heterocycles. The summed E-state index contributed by atoms with van der Waals surface area (Å²) in [4.78, 5) is 45.6. The molecule has 0 aliphatic carbocycles. The number of likely N-dealkylation sites (tertiary alicyclic amines) is 1. The number of hydrogen-bond acceptors (Lipinski definition) is 6. The van der Waals surface area contributed by atoms with Crippen LogP contribution in [0.4, 0.5) is 0 Å². The summed E-state index contributed by atoms with van der Waals surface area (Å²) in [6.07, 6.45) is 2.80. The van der Waals surface area contributed by atoms with Crippen LogP contribution in [-0.2, 0) is 16.1 Å². The molecular formula is C27H33N5O6. The van der Waals surface area contributed by atoms with Gasteiger partial charge in [0.2, 0.25) is 0 Å². The van der Waals surface area contributed by atoms with Crippen LogP contribution >= 0.6 is 0 Å². The Hall–Kier alpha value is -4.25. The molecular weight excluding hydrogens is 490 g/mol. The quantitative estimate of drug-likeness (QED) is 0.328. The number of carbonyl (C=O) groups excluding carboxylic acids is 2. The Kier molecular flexibility index (Phi) is 10.4. The minimum Gasteiger partial charge on any atom is -0.473 e. The zero-order chi connectivity index (χ0) is 27.5. The fourth-order valence-corrected chi connectivity index (χ4v) is 4.25. The lowest BCUT2D eigenvalue weighted by Gasteiger charge is -2.32. The number of nitrogens with one attached hydrogen (secondary N) is 2. The summed E-state index contributed by atoms with van der Waals surface area (Å²) >= 11 is 0. The number of hydrogen-bond donors (Lipinski definition) is 4. The monoisotopic (exact) mass is 523 g/mol. The molecule has 0 unspecified atom stereocenters. The fraction of sp³-hybridized carbons (Fsp3) is 0.370. The van der Waals surface area contributed by atoms with E-state index in [9.17, 15) is 9.59 Å². The molecule has 0 atom stereocenters. The Balaban J connectivity index is 0.000000599. The number of aryl methyl sites for hydroxylation is 1. The molecule has 1 aliphatic heterocycles. The van der Waals surface area contributed by atoms with Crippen molar-refractivity contribution in [2.24, 2.45) is 0 Å². The van der Waals surface area contributed by atoms with Crippen LogP contribution in [0.5, 0.6) is 0 Å². The first-order valence-corrected chi connectivity index (χ1v) is 12.6. The van der Waals surface area contributed by atoms with Gasteiger partial charge in [0.05, 0.1) is 5.52 Å². The third-order valence-electron chi connectivity index (χ3n) is 6.16. The van der Waals surface area contributed by atoms with Crippen molar-refractivity contribution in [3.63, 3.8) is 0 Å². The number of rotatable bonds is 8. The highest BCUT2D eigenvalue weighted by molar-refractivity contribution is 6.27. The first kappa shape index (κ1) is 28.3. The van der Waals surface area contributed by atoms with E-state index in [1.165, 1.54) is 0 Å². The second-order valence-electron chi connectivity index (χ2n) is 8.91. The van der Waals surface area contributed by atoms with E-state index in [2.05, 4.69) is 27.6 Å². The lowest BCUT2D eigenvalue weighted by molar-refractivity contribution is -0.159. The Bertz CT molecular complexity index is 1240. The predicted octanol–water partition coefficient (Wildman–Crippen LogP) is 2.23. The number of carboxylic acids is 2. The number of carboxylic acid groups (broad SMARTS) is 2. The van der Waals surface area contributed by atoms with E-state index < -0.39 is 11.9 Å². The molecule has 2 amide bonds. The number of amides is 2. The van der Waals surface area contributed by atoms with Crippen LogP contribution in [0.2, 0.25) is 0 Å². The van der Waals surface area contributed by atoms with Crippen molar-refractivity contribution in [1.82, 2.24) is 25.3 Å². The molecule has 2 heterocycles. The average Bonchev–Trinajstić information content (AvgIpc) is 3.29. The molecule has 11 nitrogen and oxygen atoms in total. The lowest BCUT2D eigenvalue weighted by Crippen LogP contribution is -2.46. The SMILES string of the molecule is CCCn1nc(C(=O)NCCN2CCC(NC(=O)c3ccccc3)CC2)c2ccccc21.O=C(O)C(=O)O. The topological polar surface area (TPSA) is 154 Å². The van der Waals surface area contributed by atoms with Gasteiger partial charge in [-0.05, 0) is 37.5 Å². The highest BCUT2D eigenvalue weighted by atomic mass is 16.4. The second-order valence-corrected chi connectivity index (χ2v) is 8.91. The Morgan fingerprint density at radius 3 is 2.16 bits per heavy atom. The van der Waals surface area contributed by atoms with Crippen LogP contribution in [-0.4, -0.2) is 80.9 Å². The van der Waals surface area contributed by atoms with E-state index in [1.54, 1.807) is 0 Å². The molecule has 202 valence electrons. The van der Waals surface area contributed by atoms with E-state index in [-0.39, 0.29) is 17.9 Å². The lowest BCUT2D eigenvalue weighted by atomic mass is 10.0. The van der Waals surface area contributed by atoms with Gasteiger partial charge in [0.1, 0.15) is 0 Å². The van der Waals surface area contributed by atoms with E-state index in [1.807, 2.05) is 59.3 Å². The molecule has 4 rings (SSSR count). The summed E-state index contributed by atoms with van der Waals surface area (Å²) in [7, 11) is 0. The van der Waals surface area contributed by atoms with Crippen LogP contribution < -0.4 is 10.6 Å². The Labute approximate surface area is 220 Å². The first-order chi connectivity index (χ1) is 18.3. The number of piperidine rings is 1. The summed E-state index contributed by atoms with van der Waals surface area (Å²) in [6, 6.07) is 17.4. The summed E-state index contributed by atoms with van der Waals surface area (Å²) in [5.74, 6) is -3.78. The number of benzene rings is 2. The number of aromatic nitrogens is 2. The summed E-state index contributed by atoms with van der Waals surface area (Å²) in [5, 5.41) is 26.4. The number of fused-ring (bicyclic) bond motifs is 1. The third-order valence-corrected chi connectivity index (χ3v) is 6.16. The van der Waals surface area contributed by atoms with Gasteiger partial charge in [0, 0.05) is 49.7 Å². The molecule has 1 aromatic heterocycles.